The number of hydrogen-bond acceptors (Lipinski definition) is 3. The molecule has 0 aliphatic carbocycles. The second-order valence-corrected chi connectivity index (χ2v) is 5.73. The standard InChI is InChI=1S/C15H20Cl2N6.HI/c1-3-14-22-21-10-23(14)7-6-19-15(18-2)20-9-11-4-5-12(16)8-13(11)17;/h4-5,8,10H,3,6-7,9H2,1-2H3,(H2,18,19,20);1H. The van der Waals surface area contributed by atoms with Crippen LogP contribution in [-0.2, 0) is 19.5 Å². The summed E-state index contributed by atoms with van der Waals surface area (Å²) in [7, 11) is 1.73. The first-order chi connectivity index (χ1) is 11.1. The fourth-order valence-electron chi connectivity index (χ4n) is 2.10. The molecular formula is C15H21Cl2IN6. The summed E-state index contributed by atoms with van der Waals surface area (Å²) in [6, 6.07) is 5.45. The zero-order valence-electron chi connectivity index (χ0n) is 13.6. The predicted molar refractivity (Wildman–Crippen MR) is 109 cm³/mol. The molecule has 24 heavy (non-hydrogen) atoms. The Bertz CT molecular complexity index is 674. The second kappa shape index (κ2) is 10.7. The average molecular weight is 483 g/mol. The van der Waals surface area contributed by atoms with E-state index >= 15 is 0 Å². The van der Waals surface area contributed by atoms with Crippen LogP contribution in [0.3, 0.4) is 0 Å². The lowest BCUT2D eigenvalue weighted by molar-refractivity contribution is 0.632. The number of halogens is 3. The molecule has 2 rings (SSSR count). The Hall–Kier alpha value is -1.06. The minimum Gasteiger partial charge on any atom is -0.355 e. The second-order valence-electron chi connectivity index (χ2n) is 4.88. The summed E-state index contributed by atoms with van der Waals surface area (Å²) in [6.07, 6.45) is 2.60. The van der Waals surface area contributed by atoms with Gasteiger partial charge in [-0.2, -0.15) is 0 Å². The van der Waals surface area contributed by atoms with Crippen molar-refractivity contribution in [2.45, 2.75) is 26.4 Å². The van der Waals surface area contributed by atoms with Gasteiger partial charge in [0.15, 0.2) is 5.96 Å². The zero-order chi connectivity index (χ0) is 16.7. The Morgan fingerprint density at radius 2 is 2.08 bits per heavy atom. The van der Waals surface area contributed by atoms with Gasteiger partial charge in [-0.1, -0.05) is 36.2 Å². The number of guanidine groups is 1. The Kier molecular flexibility index (Phi) is 9.38. The molecule has 9 heteroatoms. The van der Waals surface area contributed by atoms with Crippen LogP contribution < -0.4 is 10.6 Å². The molecule has 0 saturated carbocycles. The highest BCUT2D eigenvalue weighted by Crippen LogP contribution is 2.20. The van der Waals surface area contributed by atoms with Gasteiger partial charge >= 0.3 is 0 Å². The molecule has 0 aliphatic rings. The van der Waals surface area contributed by atoms with Gasteiger partial charge in [-0.15, -0.1) is 34.2 Å². The molecular weight excluding hydrogens is 462 g/mol. The van der Waals surface area contributed by atoms with Crippen LogP contribution in [0.15, 0.2) is 29.5 Å². The number of aryl methyl sites for hydroxylation is 1. The van der Waals surface area contributed by atoms with Crippen molar-refractivity contribution in [1.29, 1.82) is 0 Å². The van der Waals surface area contributed by atoms with Crippen LogP contribution in [0, 0.1) is 0 Å². The summed E-state index contributed by atoms with van der Waals surface area (Å²) in [6.45, 7) is 4.13. The normalized spacial score (nSPS) is 11.1. The fraction of sp³-hybridized carbons (Fsp3) is 0.400. The van der Waals surface area contributed by atoms with Crippen molar-refractivity contribution < 1.29 is 0 Å². The summed E-state index contributed by atoms with van der Waals surface area (Å²) < 4.78 is 2.02. The highest BCUT2D eigenvalue weighted by Gasteiger charge is 2.04. The van der Waals surface area contributed by atoms with Crippen molar-refractivity contribution in [2.75, 3.05) is 13.6 Å². The predicted octanol–water partition coefficient (Wildman–Crippen LogP) is 3.13. The Morgan fingerprint density at radius 3 is 2.75 bits per heavy atom. The largest absolute Gasteiger partial charge is 0.355 e. The van der Waals surface area contributed by atoms with E-state index in [-0.39, 0.29) is 24.0 Å². The lowest BCUT2D eigenvalue weighted by atomic mass is 10.2. The molecule has 0 spiro atoms. The average Bonchev–Trinajstić information content (AvgIpc) is 2.99. The van der Waals surface area contributed by atoms with Crippen LogP contribution >= 0.6 is 47.2 Å². The zero-order valence-corrected chi connectivity index (χ0v) is 17.4. The number of hydrogen-bond donors (Lipinski definition) is 2. The van der Waals surface area contributed by atoms with Gasteiger partial charge in [-0.05, 0) is 17.7 Å². The summed E-state index contributed by atoms with van der Waals surface area (Å²) in [5.74, 6) is 1.69. The third-order valence-corrected chi connectivity index (χ3v) is 3.93. The van der Waals surface area contributed by atoms with E-state index in [0.29, 0.717) is 22.5 Å². The van der Waals surface area contributed by atoms with Gasteiger partial charge in [-0.3, -0.25) is 4.99 Å². The van der Waals surface area contributed by atoms with Crippen LogP contribution in [0.25, 0.3) is 0 Å². The highest BCUT2D eigenvalue weighted by molar-refractivity contribution is 14.0. The molecule has 0 bridgehead atoms. The Morgan fingerprint density at radius 1 is 1.29 bits per heavy atom. The summed E-state index contributed by atoms with van der Waals surface area (Å²) in [4.78, 5) is 4.20. The SMILES string of the molecule is CCc1nncn1CCNC(=NC)NCc1ccc(Cl)cc1Cl.I. The number of rotatable bonds is 6. The van der Waals surface area contributed by atoms with Crippen LogP contribution in [-0.4, -0.2) is 34.3 Å². The number of nitrogens with zero attached hydrogens (tertiary/aromatic N) is 4. The van der Waals surface area contributed by atoms with Crippen LogP contribution in [0.5, 0.6) is 0 Å². The van der Waals surface area contributed by atoms with E-state index in [1.807, 2.05) is 16.7 Å². The molecule has 0 aliphatic heterocycles. The van der Waals surface area contributed by atoms with Gasteiger partial charge in [0.2, 0.25) is 0 Å². The van der Waals surface area contributed by atoms with Crippen LogP contribution in [0.4, 0.5) is 0 Å². The first-order valence-electron chi connectivity index (χ1n) is 7.39. The van der Waals surface area contributed by atoms with Crippen molar-refractivity contribution in [3.05, 3.63) is 46.0 Å². The van der Waals surface area contributed by atoms with Gasteiger partial charge in [0, 0.05) is 43.1 Å². The van der Waals surface area contributed by atoms with E-state index in [4.69, 9.17) is 23.2 Å². The molecule has 6 nitrogen and oxygen atoms in total. The molecule has 0 fully saturated rings. The summed E-state index contributed by atoms with van der Waals surface area (Å²) in [5.41, 5.74) is 0.964. The van der Waals surface area contributed by atoms with E-state index in [0.717, 1.165) is 30.9 Å². The van der Waals surface area contributed by atoms with Gasteiger partial charge in [0.1, 0.15) is 12.2 Å². The van der Waals surface area contributed by atoms with Crippen molar-refractivity contribution in [3.63, 3.8) is 0 Å². The van der Waals surface area contributed by atoms with E-state index in [2.05, 4.69) is 32.7 Å². The molecule has 1 aromatic carbocycles. The summed E-state index contributed by atoms with van der Waals surface area (Å²) in [5, 5.41) is 15.7. The molecule has 0 saturated heterocycles. The minimum absolute atomic E-state index is 0. The van der Waals surface area contributed by atoms with E-state index in [1.165, 1.54) is 0 Å². The molecule has 132 valence electrons. The maximum atomic E-state index is 6.16. The topological polar surface area (TPSA) is 67.1 Å². The van der Waals surface area contributed by atoms with Crippen molar-refractivity contribution >= 4 is 53.1 Å². The molecule has 2 aromatic rings. The maximum Gasteiger partial charge on any atom is 0.191 e. The smallest absolute Gasteiger partial charge is 0.191 e. The number of aliphatic imine (C=N–C) groups is 1. The lowest BCUT2D eigenvalue weighted by Crippen LogP contribution is -2.38. The van der Waals surface area contributed by atoms with Gasteiger partial charge in [0.25, 0.3) is 0 Å². The molecule has 1 aromatic heterocycles. The minimum atomic E-state index is 0. The third-order valence-electron chi connectivity index (χ3n) is 3.34. The van der Waals surface area contributed by atoms with Gasteiger partial charge < -0.3 is 15.2 Å². The fourth-order valence-corrected chi connectivity index (χ4v) is 2.57. The first-order valence-corrected chi connectivity index (χ1v) is 8.14. The molecule has 0 radical (unpaired) electrons. The first kappa shape index (κ1) is 21.0. The molecule has 0 amide bonds. The molecule has 0 atom stereocenters. The van der Waals surface area contributed by atoms with Gasteiger partial charge in [-0.25, -0.2) is 0 Å². The Labute approximate surface area is 169 Å². The monoisotopic (exact) mass is 482 g/mol. The number of aromatic nitrogens is 3. The van der Waals surface area contributed by atoms with Crippen molar-refractivity contribution in [1.82, 2.24) is 25.4 Å². The highest BCUT2D eigenvalue weighted by atomic mass is 127. The third kappa shape index (κ3) is 6.10. The Balaban J connectivity index is 0.00000288. The number of benzene rings is 1. The van der Waals surface area contributed by atoms with Crippen LogP contribution in [0.1, 0.15) is 18.3 Å². The number of nitrogens with one attached hydrogen (secondary N) is 2. The van der Waals surface area contributed by atoms with Crippen molar-refractivity contribution in [2.24, 2.45) is 4.99 Å². The van der Waals surface area contributed by atoms with E-state index < -0.39 is 0 Å². The quantitative estimate of drug-likeness (QED) is 0.377. The van der Waals surface area contributed by atoms with Gasteiger partial charge in [0.05, 0.1) is 0 Å². The van der Waals surface area contributed by atoms with E-state index in [9.17, 15) is 0 Å². The van der Waals surface area contributed by atoms with Crippen molar-refractivity contribution in [3.8, 4) is 0 Å². The molecule has 0 unspecified atom stereocenters. The maximum absolute atomic E-state index is 6.16. The molecule has 2 N–H and O–H groups in total. The summed E-state index contributed by atoms with van der Waals surface area (Å²) >= 11 is 12.1. The lowest BCUT2D eigenvalue weighted by Gasteiger charge is -2.13. The molecule has 1 heterocycles. The van der Waals surface area contributed by atoms with E-state index in [1.54, 1.807) is 19.4 Å². The van der Waals surface area contributed by atoms with Crippen LogP contribution in [0.2, 0.25) is 10.0 Å².